The molecule has 6 heteroatoms. The van der Waals surface area contributed by atoms with E-state index in [1.54, 1.807) is 23.1 Å². The summed E-state index contributed by atoms with van der Waals surface area (Å²) >= 11 is 0. The number of ether oxygens (including phenoxy) is 2. The number of amides is 1. The Labute approximate surface area is 117 Å². The Morgan fingerprint density at radius 2 is 1.80 bits per heavy atom. The van der Waals surface area contributed by atoms with Crippen molar-refractivity contribution in [2.24, 2.45) is 0 Å². The smallest absolute Gasteiger partial charge is 0.255 e. The van der Waals surface area contributed by atoms with Crippen LogP contribution >= 0.6 is 0 Å². The Morgan fingerprint density at radius 3 is 2.40 bits per heavy atom. The molecule has 0 saturated carbocycles. The van der Waals surface area contributed by atoms with E-state index in [4.69, 9.17) is 20.9 Å². The lowest BCUT2D eigenvalue weighted by Gasteiger charge is -2.37. The minimum Gasteiger partial charge on any atom is -0.399 e. The van der Waals surface area contributed by atoms with Crippen molar-refractivity contribution in [3.63, 3.8) is 0 Å². The fourth-order valence-electron chi connectivity index (χ4n) is 2.78. The molecular weight excluding hydrogens is 258 g/mol. The number of carbonyl (C=O) groups is 1. The fraction of sp³-hybridized carbons (Fsp3) is 0.500. The lowest BCUT2D eigenvalue weighted by molar-refractivity contribution is -0.181. The molecule has 0 atom stereocenters. The molecule has 0 aromatic heterocycles. The van der Waals surface area contributed by atoms with Crippen LogP contribution in [0, 0.1) is 0 Å². The zero-order valence-electron chi connectivity index (χ0n) is 11.3. The molecule has 1 spiro atoms. The van der Waals surface area contributed by atoms with Crippen molar-refractivity contribution in [3.8, 4) is 0 Å². The number of nitrogen functional groups attached to an aromatic ring is 2. The van der Waals surface area contributed by atoms with Crippen molar-refractivity contribution in [2.75, 3.05) is 37.8 Å². The molecular formula is C14H19N3O3. The summed E-state index contributed by atoms with van der Waals surface area (Å²) < 4.78 is 11.3. The molecule has 3 rings (SSSR count). The zero-order chi connectivity index (χ0) is 14.2. The molecule has 1 amide bonds. The van der Waals surface area contributed by atoms with Gasteiger partial charge in [-0.05, 0) is 18.2 Å². The van der Waals surface area contributed by atoms with Gasteiger partial charge in [-0.25, -0.2) is 0 Å². The normalized spacial score (nSPS) is 21.3. The lowest BCUT2D eigenvalue weighted by atomic mass is 10.0. The van der Waals surface area contributed by atoms with E-state index >= 15 is 0 Å². The summed E-state index contributed by atoms with van der Waals surface area (Å²) in [6.45, 7) is 2.50. The number of likely N-dealkylation sites (tertiary alicyclic amines) is 1. The van der Waals surface area contributed by atoms with E-state index in [9.17, 15) is 4.79 Å². The van der Waals surface area contributed by atoms with Gasteiger partial charge in [-0.3, -0.25) is 4.79 Å². The molecule has 0 radical (unpaired) electrons. The van der Waals surface area contributed by atoms with Gasteiger partial charge < -0.3 is 25.8 Å². The molecule has 6 nitrogen and oxygen atoms in total. The number of anilines is 2. The number of benzene rings is 1. The van der Waals surface area contributed by atoms with Crippen LogP contribution in [0.3, 0.4) is 0 Å². The van der Waals surface area contributed by atoms with Gasteiger partial charge in [0.15, 0.2) is 5.79 Å². The second-order valence-electron chi connectivity index (χ2n) is 5.25. The highest BCUT2D eigenvalue weighted by Gasteiger charge is 2.40. The van der Waals surface area contributed by atoms with Crippen molar-refractivity contribution >= 4 is 17.3 Å². The van der Waals surface area contributed by atoms with E-state index in [2.05, 4.69) is 0 Å². The number of piperidine rings is 1. The highest BCUT2D eigenvalue weighted by molar-refractivity contribution is 5.99. The van der Waals surface area contributed by atoms with E-state index in [1.165, 1.54) is 0 Å². The molecule has 1 aromatic rings. The van der Waals surface area contributed by atoms with Crippen LogP contribution in [0.2, 0.25) is 0 Å². The van der Waals surface area contributed by atoms with Crippen molar-refractivity contribution < 1.29 is 14.3 Å². The maximum absolute atomic E-state index is 12.5. The average Bonchev–Trinajstić information content (AvgIpc) is 2.87. The third-order valence-corrected chi connectivity index (χ3v) is 3.93. The molecule has 2 heterocycles. The lowest BCUT2D eigenvalue weighted by Crippen LogP contribution is -2.47. The maximum atomic E-state index is 12.5. The molecule has 0 aliphatic carbocycles. The molecule has 20 heavy (non-hydrogen) atoms. The molecule has 4 N–H and O–H groups in total. The minimum absolute atomic E-state index is 0.0599. The summed E-state index contributed by atoms with van der Waals surface area (Å²) in [5.74, 6) is -0.529. The van der Waals surface area contributed by atoms with Crippen LogP contribution in [0.5, 0.6) is 0 Å². The van der Waals surface area contributed by atoms with Crippen molar-refractivity contribution in [1.29, 1.82) is 0 Å². The predicted octanol–water partition coefficient (Wildman–Crippen LogP) is 0.830. The Bertz CT molecular complexity index is 516. The highest BCUT2D eigenvalue weighted by atomic mass is 16.7. The minimum atomic E-state index is -0.469. The number of nitrogens with zero attached hydrogens (tertiary/aromatic N) is 1. The van der Waals surface area contributed by atoms with Gasteiger partial charge in [-0.15, -0.1) is 0 Å². The first kappa shape index (κ1) is 13.2. The monoisotopic (exact) mass is 277 g/mol. The van der Waals surface area contributed by atoms with Gasteiger partial charge in [0.1, 0.15) is 0 Å². The molecule has 2 aliphatic rings. The summed E-state index contributed by atoms with van der Waals surface area (Å²) in [4.78, 5) is 14.2. The second kappa shape index (κ2) is 4.96. The summed E-state index contributed by atoms with van der Waals surface area (Å²) in [6, 6.07) is 4.99. The van der Waals surface area contributed by atoms with Crippen LogP contribution in [0.1, 0.15) is 23.2 Å². The largest absolute Gasteiger partial charge is 0.399 e. The van der Waals surface area contributed by atoms with Gasteiger partial charge in [0.25, 0.3) is 5.91 Å². The standard InChI is InChI=1S/C14H19N3O3/c15-10-1-2-11(12(16)9-10)13(18)17-5-3-14(4-6-17)19-7-8-20-14/h1-2,9H,3-8,15-16H2. The van der Waals surface area contributed by atoms with Crippen molar-refractivity contribution in [1.82, 2.24) is 4.90 Å². The second-order valence-corrected chi connectivity index (χ2v) is 5.25. The van der Waals surface area contributed by atoms with Crippen LogP contribution in [-0.2, 0) is 9.47 Å². The van der Waals surface area contributed by atoms with Gasteiger partial charge in [0, 0.05) is 37.3 Å². The Morgan fingerprint density at radius 1 is 1.15 bits per heavy atom. The first-order chi connectivity index (χ1) is 9.60. The number of nitrogens with two attached hydrogens (primary N) is 2. The zero-order valence-corrected chi connectivity index (χ0v) is 11.3. The number of hydrogen-bond acceptors (Lipinski definition) is 5. The molecule has 2 saturated heterocycles. The Kier molecular flexibility index (Phi) is 3.27. The average molecular weight is 277 g/mol. The van der Waals surface area contributed by atoms with Crippen molar-refractivity contribution in [3.05, 3.63) is 23.8 Å². The highest BCUT2D eigenvalue weighted by Crippen LogP contribution is 2.32. The van der Waals surface area contributed by atoms with Gasteiger partial charge in [0.2, 0.25) is 0 Å². The van der Waals surface area contributed by atoms with Crippen molar-refractivity contribution in [2.45, 2.75) is 18.6 Å². The maximum Gasteiger partial charge on any atom is 0.255 e. The number of hydrogen-bond donors (Lipinski definition) is 2. The Balaban J connectivity index is 1.69. The van der Waals surface area contributed by atoms with Gasteiger partial charge >= 0.3 is 0 Å². The molecule has 0 unspecified atom stereocenters. The Hall–Kier alpha value is -1.79. The molecule has 1 aromatic carbocycles. The third kappa shape index (κ3) is 2.32. The van der Waals surface area contributed by atoms with E-state index in [0.717, 1.165) is 0 Å². The third-order valence-electron chi connectivity index (χ3n) is 3.93. The number of rotatable bonds is 1. The molecule has 0 bridgehead atoms. The van der Waals surface area contributed by atoms with Crippen LogP contribution in [-0.4, -0.2) is 42.9 Å². The van der Waals surface area contributed by atoms with Gasteiger partial charge in [0.05, 0.1) is 18.8 Å². The summed E-state index contributed by atoms with van der Waals surface area (Å²) in [5.41, 5.74) is 13.0. The van der Waals surface area contributed by atoms with E-state index < -0.39 is 5.79 Å². The van der Waals surface area contributed by atoms with Crippen LogP contribution in [0.15, 0.2) is 18.2 Å². The predicted molar refractivity (Wildman–Crippen MR) is 75.0 cm³/mol. The SMILES string of the molecule is Nc1ccc(C(=O)N2CCC3(CC2)OCCO3)c(N)c1. The van der Waals surface area contributed by atoms with Crippen LogP contribution in [0.4, 0.5) is 11.4 Å². The quantitative estimate of drug-likeness (QED) is 0.742. The molecule has 108 valence electrons. The van der Waals surface area contributed by atoms with Gasteiger partial charge in [-0.2, -0.15) is 0 Å². The van der Waals surface area contributed by atoms with E-state index in [1.807, 2.05) is 0 Å². The van der Waals surface area contributed by atoms with Crippen LogP contribution in [0.25, 0.3) is 0 Å². The summed E-state index contributed by atoms with van der Waals surface area (Å²) in [7, 11) is 0. The first-order valence-electron chi connectivity index (χ1n) is 6.82. The summed E-state index contributed by atoms with van der Waals surface area (Å²) in [5, 5.41) is 0. The fourth-order valence-corrected chi connectivity index (χ4v) is 2.78. The van der Waals surface area contributed by atoms with Gasteiger partial charge in [-0.1, -0.05) is 0 Å². The number of carbonyl (C=O) groups excluding carboxylic acids is 1. The topological polar surface area (TPSA) is 90.8 Å². The first-order valence-corrected chi connectivity index (χ1v) is 6.82. The van der Waals surface area contributed by atoms with E-state index in [0.29, 0.717) is 56.1 Å². The summed E-state index contributed by atoms with van der Waals surface area (Å²) in [6.07, 6.45) is 1.40. The molecule has 2 fully saturated rings. The molecule has 2 aliphatic heterocycles. The van der Waals surface area contributed by atoms with Crippen LogP contribution < -0.4 is 11.5 Å². The van der Waals surface area contributed by atoms with E-state index in [-0.39, 0.29) is 5.91 Å².